The number of nitrogens with zero attached hydrogens (tertiary/aromatic N) is 2. The summed E-state index contributed by atoms with van der Waals surface area (Å²) in [5, 5.41) is 7.63. The molecule has 1 aromatic carbocycles. The van der Waals surface area contributed by atoms with Crippen molar-refractivity contribution in [2.45, 2.75) is 26.3 Å². The van der Waals surface area contributed by atoms with Gasteiger partial charge in [0.1, 0.15) is 11.3 Å². The highest BCUT2D eigenvalue weighted by atomic mass is 32.1. The minimum absolute atomic E-state index is 0.401. The Balaban J connectivity index is 1.88. The number of aromatic nitrogens is 1. The van der Waals surface area contributed by atoms with Crippen molar-refractivity contribution < 1.29 is 14.3 Å². The molecule has 0 aliphatic heterocycles. The van der Waals surface area contributed by atoms with Crippen LogP contribution < -0.4 is 15.4 Å². The van der Waals surface area contributed by atoms with Crippen LogP contribution in [0.25, 0.3) is 0 Å². The zero-order valence-electron chi connectivity index (χ0n) is 16.2. The van der Waals surface area contributed by atoms with Crippen molar-refractivity contribution in [3.63, 3.8) is 0 Å². The quantitative estimate of drug-likeness (QED) is 0.409. The third kappa shape index (κ3) is 5.96. The number of hydrogen-bond donors (Lipinski definition) is 2. The fourth-order valence-electron chi connectivity index (χ4n) is 2.46. The van der Waals surface area contributed by atoms with E-state index in [4.69, 9.17) is 9.47 Å². The summed E-state index contributed by atoms with van der Waals surface area (Å²) >= 11 is 1.75. The Morgan fingerprint density at radius 2 is 2.11 bits per heavy atom. The second-order valence-electron chi connectivity index (χ2n) is 5.70. The molecule has 0 bridgehead atoms. The molecule has 8 heteroatoms. The summed E-state index contributed by atoms with van der Waals surface area (Å²) in [5.41, 5.74) is 1.32. The molecule has 1 heterocycles. The Bertz CT molecular complexity index is 789. The van der Waals surface area contributed by atoms with Crippen LogP contribution in [0.15, 0.2) is 29.4 Å². The van der Waals surface area contributed by atoms with E-state index in [1.165, 1.54) is 19.1 Å². The van der Waals surface area contributed by atoms with E-state index in [9.17, 15) is 4.79 Å². The maximum Gasteiger partial charge on any atom is 0.341 e. The number of nitrogens with one attached hydrogen (secondary N) is 2. The lowest BCUT2D eigenvalue weighted by Gasteiger charge is -2.13. The summed E-state index contributed by atoms with van der Waals surface area (Å²) in [7, 11) is 4.60. The third-order valence-corrected chi connectivity index (χ3v) is 5.14. The van der Waals surface area contributed by atoms with Crippen LogP contribution in [0.4, 0.5) is 0 Å². The smallest absolute Gasteiger partial charge is 0.341 e. The summed E-state index contributed by atoms with van der Waals surface area (Å²) in [6, 6.07) is 5.41. The SMILES string of the molecule is CCc1cnc(CCNC(=NC)NCc2ccc(OC)c(C(=O)OC)c2)s1. The van der Waals surface area contributed by atoms with Gasteiger partial charge >= 0.3 is 5.97 Å². The second-order valence-corrected chi connectivity index (χ2v) is 6.90. The number of thiazole rings is 1. The van der Waals surface area contributed by atoms with Gasteiger partial charge < -0.3 is 20.1 Å². The van der Waals surface area contributed by atoms with Gasteiger partial charge in [0.15, 0.2) is 5.96 Å². The van der Waals surface area contributed by atoms with Crippen LogP contribution in [0, 0.1) is 0 Å². The molecule has 0 saturated carbocycles. The Morgan fingerprint density at radius 1 is 1.30 bits per heavy atom. The number of rotatable bonds is 8. The van der Waals surface area contributed by atoms with Crippen LogP contribution in [0.2, 0.25) is 0 Å². The standard InChI is InChI=1S/C19H26N4O3S/c1-5-14-12-22-17(27-14)8-9-21-19(20-2)23-11-13-6-7-16(25-3)15(10-13)18(24)26-4/h6-7,10,12H,5,8-9,11H2,1-4H3,(H2,20,21,23). The number of hydrogen-bond acceptors (Lipinski definition) is 6. The number of ether oxygens (including phenoxy) is 2. The number of guanidine groups is 1. The van der Waals surface area contributed by atoms with E-state index >= 15 is 0 Å². The molecule has 27 heavy (non-hydrogen) atoms. The Kier molecular flexibility index (Phi) is 8.06. The average molecular weight is 391 g/mol. The van der Waals surface area contributed by atoms with Gasteiger partial charge in [-0.15, -0.1) is 11.3 Å². The molecule has 146 valence electrons. The second kappa shape index (κ2) is 10.5. The van der Waals surface area contributed by atoms with Crippen molar-refractivity contribution >= 4 is 23.3 Å². The van der Waals surface area contributed by atoms with E-state index in [0.29, 0.717) is 23.8 Å². The molecule has 0 unspecified atom stereocenters. The fourth-order valence-corrected chi connectivity index (χ4v) is 3.32. The summed E-state index contributed by atoms with van der Waals surface area (Å²) in [6.45, 7) is 3.39. The van der Waals surface area contributed by atoms with E-state index in [1.54, 1.807) is 30.5 Å². The third-order valence-electron chi connectivity index (χ3n) is 3.93. The molecule has 7 nitrogen and oxygen atoms in total. The van der Waals surface area contributed by atoms with Crippen molar-refractivity contribution in [3.05, 3.63) is 45.4 Å². The van der Waals surface area contributed by atoms with E-state index in [2.05, 4.69) is 27.5 Å². The monoisotopic (exact) mass is 390 g/mol. The molecule has 0 amide bonds. The van der Waals surface area contributed by atoms with Gasteiger partial charge in [0, 0.05) is 37.6 Å². The van der Waals surface area contributed by atoms with Crippen molar-refractivity contribution in [1.29, 1.82) is 0 Å². The lowest BCUT2D eigenvalue weighted by molar-refractivity contribution is 0.0597. The Morgan fingerprint density at radius 3 is 2.74 bits per heavy atom. The fraction of sp³-hybridized carbons (Fsp3) is 0.421. The topological polar surface area (TPSA) is 84.8 Å². The summed E-state index contributed by atoms with van der Waals surface area (Å²) in [4.78, 5) is 21.8. The first-order valence-electron chi connectivity index (χ1n) is 8.74. The summed E-state index contributed by atoms with van der Waals surface area (Å²) < 4.78 is 10.0. The van der Waals surface area contributed by atoms with Gasteiger partial charge in [0.25, 0.3) is 0 Å². The molecule has 1 aromatic heterocycles. The number of carbonyl (C=O) groups is 1. The molecule has 0 atom stereocenters. The van der Waals surface area contributed by atoms with Crippen molar-refractivity contribution in [3.8, 4) is 5.75 Å². The zero-order chi connectivity index (χ0) is 19.6. The predicted molar refractivity (Wildman–Crippen MR) is 108 cm³/mol. The largest absolute Gasteiger partial charge is 0.496 e. The van der Waals surface area contributed by atoms with Gasteiger partial charge in [0.05, 0.1) is 19.2 Å². The van der Waals surface area contributed by atoms with Gasteiger partial charge in [0.2, 0.25) is 0 Å². The van der Waals surface area contributed by atoms with Gasteiger partial charge in [-0.05, 0) is 24.1 Å². The number of aryl methyl sites for hydroxylation is 1. The van der Waals surface area contributed by atoms with Gasteiger partial charge in [-0.3, -0.25) is 4.99 Å². The van der Waals surface area contributed by atoms with Crippen LogP contribution in [0.5, 0.6) is 5.75 Å². The maximum absolute atomic E-state index is 11.9. The van der Waals surface area contributed by atoms with Crippen LogP contribution in [-0.4, -0.2) is 44.7 Å². The highest BCUT2D eigenvalue weighted by Gasteiger charge is 2.13. The van der Waals surface area contributed by atoms with Gasteiger partial charge in [-0.2, -0.15) is 0 Å². The molecule has 2 N–H and O–H groups in total. The molecular weight excluding hydrogens is 364 g/mol. The predicted octanol–water partition coefficient (Wildman–Crippen LogP) is 2.41. The maximum atomic E-state index is 11.9. The molecule has 0 saturated heterocycles. The van der Waals surface area contributed by atoms with E-state index in [0.717, 1.165) is 30.0 Å². The normalized spacial score (nSPS) is 11.2. The highest BCUT2D eigenvalue weighted by Crippen LogP contribution is 2.20. The van der Waals surface area contributed by atoms with Crippen LogP contribution in [0.1, 0.15) is 32.7 Å². The number of carbonyl (C=O) groups excluding carboxylic acids is 1. The zero-order valence-corrected chi connectivity index (χ0v) is 17.0. The first kappa shape index (κ1) is 20.7. The highest BCUT2D eigenvalue weighted by molar-refractivity contribution is 7.11. The van der Waals surface area contributed by atoms with Gasteiger partial charge in [-0.25, -0.2) is 9.78 Å². The summed E-state index contributed by atoms with van der Waals surface area (Å²) in [5.74, 6) is 0.756. The van der Waals surface area contributed by atoms with Crippen LogP contribution >= 0.6 is 11.3 Å². The molecule has 2 rings (SSSR count). The van der Waals surface area contributed by atoms with Crippen LogP contribution in [0.3, 0.4) is 0 Å². The number of benzene rings is 1. The first-order chi connectivity index (χ1) is 13.1. The van der Waals surface area contributed by atoms with Crippen molar-refractivity contribution in [1.82, 2.24) is 15.6 Å². The first-order valence-corrected chi connectivity index (χ1v) is 9.56. The Hall–Kier alpha value is -2.61. The molecule has 0 aliphatic carbocycles. The van der Waals surface area contributed by atoms with E-state index < -0.39 is 5.97 Å². The van der Waals surface area contributed by atoms with E-state index in [-0.39, 0.29) is 0 Å². The van der Waals surface area contributed by atoms with Crippen LogP contribution in [-0.2, 0) is 24.1 Å². The summed E-state index contributed by atoms with van der Waals surface area (Å²) in [6.07, 6.45) is 3.81. The van der Waals surface area contributed by atoms with E-state index in [1.807, 2.05) is 12.3 Å². The lowest BCUT2D eigenvalue weighted by Crippen LogP contribution is -2.37. The van der Waals surface area contributed by atoms with Gasteiger partial charge in [-0.1, -0.05) is 13.0 Å². The molecule has 0 spiro atoms. The number of esters is 1. The lowest BCUT2D eigenvalue weighted by atomic mass is 10.1. The number of aliphatic imine (C=N–C) groups is 1. The van der Waals surface area contributed by atoms with Crippen molar-refractivity contribution in [2.75, 3.05) is 27.8 Å². The molecule has 0 fully saturated rings. The number of methoxy groups -OCH3 is 2. The molecule has 2 aromatic rings. The Labute approximate surface area is 163 Å². The molecule has 0 aliphatic rings. The minimum atomic E-state index is -0.425. The molecule has 0 radical (unpaired) electrons. The van der Waals surface area contributed by atoms with Crippen molar-refractivity contribution in [2.24, 2.45) is 4.99 Å². The average Bonchev–Trinajstić information content (AvgIpc) is 3.17. The minimum Gasteiger partial charge on any atom is -0.496 e. The molecular formula is C19H26N4O3S.